The Hall–Kier alpha value is -4.54. The molecule has 3 aliphatic rings. The van der Waals surface area contributed by atoms with E-state index >= 15 is 0 Å². The number of morpholine rings is 1. The first-order valence-corrected chi connectivity index (χ1v) is 16.7. The Balaban J connectivity index is 1.39. The maximum atomic E-state index is 7.54. The van der Waals surface area contributed by atoms with Crippen molar-refractivity contribution in [2.75, 3.05) is 38.3 Å². The molecule has 2 heterocycles. The van der Waals surface area contributed by atoms with Crippen LogP contribution < -0.4 is 14.4 Å². The zero-order valence-electron chi connectivity index (χ0n) is 27.2. The van der Waals surface area contributed by atoms with Crippen molar-refractivity contribution in [2.24, 2.45) is 0 Å². The van der Waals surface area contributed by atoms with Crippen molar-refractivity contribution in [3.05, 3.63) is 130 Å². The van der Waals surface area contributed by atoms with E-state index in [4.69, 9.17) is 14.2 Å². The van der Waals surface area contributed by atoms with Crippen molar-refractivity contribution in [2.45, 2.75) is 44.6 Å². The SMILES string of the molecule is CCC1(CC)c2cc(C)ccc2-c2c1c1c(c3cc(OC)ccc23)OC(c2ccccc2)(c2ccc(N3CCOCC3)cc2)C=C1. The molecular formula is C42H41NO3. The number of nitrogens with zero attached hydrogens (tertiary/aromatic N) is 1. The van der Waals surface area contributed by atoms with Crippen LogP contribution in [-0.2, 0) is 15.8 Å². The van der Waals surface area contributed by atoms with Gasteiger partial charge in [0.05, 0.1) is 20.3 Å². The summed E-state index contributed by atoms with van der Waals surface area (Å²) in [7, 11) is 1.74. The topological polar surface area (TPSA) is 30.9 Å². The molecule has 0 aromatic heterocycles. The van der Waals surface area contributed by atoms with Gasteiger partial charge in [-0.25, -0.2) is 0 Å². The standard InChI is InChI=1S/C42H41NO3/c1-5-41(6-2)37-26-28(3)12-18-34(37)38-33-19-17-32(44-4)27-36(33)40-35(39(38)41)20-21-42(46-40,29-10-8-7-9-11-29)30-13-15-31(16-14-30)43-22-24-45-25-23-43/h7-21,26-27H,5-6,22-25H2,1-4H3. The van der Waals surface area contributed by atoms with E-state index < -0.39 is 5.60 Å². The fourth-order valence-corrected chi connectivity index (χ4v) is 8.32. The lowest BCUT2D eigenvalue weighted by molar-refractivity contribution is 0.122. The third kappa shape index (κ3) is 4.16. The molecule has 1 aliphatic carbocycles. The minimum absolute atomic E-state index is 0.102. The van der Waals surface area contributed by atoms with Crippen molar-refractivity contribution in [1.29, 1.82) is 0 Å². The van der Waals surface area contributed by atoms with E-state index in [9.17, 15) is 0 Å². The van der Waals surface area contributed by atoms with E-state index in [-0.39, 0.29) is 5.41 Å². The maximum Gasteiger partial charge on any atom is 0.178 e. The Bertz CT molecular complexity index is 1970. The monoisotopic (exact) mass is 607 g/mol. The largest absolute Gasteiger partial charge is 0.497 e. The molecule has 0 bridgehead atoms. The molecule has 8 rings (SSSR count). The molecule has 0 amide bonds. The second kappa shape index (κ2) is 11.1. The number of hydrogen-bond donors (Lipinski definition) is 0. The number of anilines is 1. The van der Waals surface area contributed by atoms with Crippen molar-refractivity contribution in [3.8, 4) is 22.6 Å². The molecule has 1 saturated heterocycles. The number of methoxy groups -OCH3 is 1. The Morgan fingerprint density at radius 1 is 0.804 bits per heavy atom. The summed E-state index contributed by atoms with van der Waals surface area (Å²) < 4.78 is 19.0. The molecule has 0 saturated carbocycles. The second-order valence-electron chi connectivity index (χ2n) is 12.9. The Labute approximate surface area is 272 Å². The zero-order chi connectivity index (χ0) is 31.5. The maximum absolute atomic E-state index is 7.54. The van der Waals surface area contributed by atoms with Gasteiger partial charge in [0.25, 0.3) is 0 Å². The molecule has 46 heavy (non-hydrogen) atoms. The highest BCUT2D eigenvalue weighted by Gasteiger charge is 2.47. The molecule has 0 radical (unpaired) electrons. The highest BCUT2D eigenvalue weighted by molar-refractivity contribution is 6.09. The summed E-state index contributed by atoms with van der Waals surface area (Å²) in [6.45, 7) is 10.2. The van der Waals surface area contributed by atoms with Crippen LogP contribution in [-0.4, -0.2) is 33.4 Å². The molecule has 4 nitrogen and oxygen atoms in total. The van der Waals surface area contributed by atoms with Gasteiger partial charge in [0, 0.05) is 46.3 Å². The summed E-state index contributed by atoms with van der Waals surface area (Å²) in [5.41, 5.74) is 10.5. The molecule has 2 aliphatic heterocycles. The molecule has 1 unspecified atom stereocenters. The predicted molar refractivity (Wildman–Crippen MR) is 188 cm³/mol. The molecule has 5 aromatic rings. The molecule has 232 valence electrons. The summed E-state index contributed by atoms with van der Waals surface area (Å²) in [5, 5.41) is 2.29. The lowest BCUT2D eigenvalue weighted by Crippen LogP contribution is -2.37. The number of hydrogen-bond acceptors (Lipinski definition) is 4. The third-order valence-corrected chi connectivity index (χ3v) is 10.8. The van der Waals surface area contributed by atoms with Gasteiger partial charge >= 0.3 is 0 Å². The van der Waals surface area contributed by atoms with Crippen LogP contribution in [0.1, 0.15) is 60.1 Å². The molecule has 1 atom stereocenters. The number of benzene rings is 5. The zero-order valence-corrected chi connectivity index (χ0v) is 27.2. The number of ether oxygens (including phenoxy) is 3. The third-order valence-electron chi connectivity index (χ3n) is 10.8. The van der Waals surface area contributed by atoms with E-state index in [1.165, 1.54) is 44.5 Å². The number of fused-ring (bicyclic) bond motifs is 8. The first-order valence-electron chi connectivity index (χ1n) is 16.7. The van der Waals surface area contributed by atoms with Crippen molar-refractivity contribution in [1.82, 2.24) is 0 Å². The first-order chi connectivity index (χ1) is 22.5. The van der Waals surface area contributed by atoms with Crippen molar-refractivity contribution in [3.63, 3.8) is 0 Å². The van der Waals surface area contributed by atoms with Crippen LogP contribution in [0.3, 0.4) is 0 Å². The van der Waals surface area contributed by atoms with Gasteiger partial charge in [-0.1, -0.05) is 86.2 Å². The van der Waals surface area contributed by atoms with Crippen LogP contribution >= 0.6 is 0 Å². The van der Waals surface area contributed by atoms with Gasteiger partial charge in [-0.05, 0) is 83.8 Å². The first kappa shape index (κ1) is 28.9. The van der Waals surface area contributed by atoms with E-state index in [1.807, 2.05) is 0 Å². The van der Waals surface area contributed by atoms with E-state index in [1.54, 1.807) is 7.11 Å². The lowest BCUT2D eigenvalue weighted by Gasteiger charge is -2.39. The molecule has 0 N–H and O–H groups in total. The van der Waals surface area contributed by atoms with Gasteiger partial charge in [-0.15, -0.1) is 0 Å². The fraction of sp³-hybridized carbons (Fsp3) is 0.286. The summed E-state index contributed by atoms with van der Waals surface area (Å²) in [6.07, 6.45) is 6.69. The molecule has 0 spiro atoms. The minimum Gasteiger partial charge on any atom is -0.497 e. The fourth-order valence-electron chi connectivity index (χ4n) is 8.32. The van der Waals surface area contributed by atoms with Gasteiger partial charge in [0.1, 0.15) is 11.5 Å². The van der Waals surface area contributed by atoms with Gasteiger partial charge in [0.15, 0.2) is 5.60 Å². The van der Waals surface area contributed by atoms with Crippen LogP contribution in [0.25, 0.3) is 28.0 Å². The minimum atomic E-state index is -0.800. The number of rotatable bonds is 6. The van der Waals surface area contributed by atoms with Crippen LogP contribution in [0.15, 0.2) is 97.1 Å². The summed E-state index contributed by atoms with van der Waals surface area (Å²) in [6, 6.07) is 33.1. The molecule has 4 heteroatoms. The lowest BCUT2D eigenvalue weighted by atomic mass is 9.71. The average molecular weight is 608 g/mol. The van der Waals surface area contributed by atoms with Crippen LogP contribution in [0.5, 0.6) is 11.5 Å². The molecule has 5 aromatic carbocycles. The molecular weight excluding hydrogens is 566 g/mol. The van der Waals surface area contributed by atoms with Crippen molar-refractivity contribution < 1.29 is 14.2 Å². The highest BCUT2D eigenvalue weighted by Crippen LogP contribution is 2.60. The van der Waals surface area contributed by atoms with Gasteiger partial charge in [-0.2, -0.15) is 0 Å². The Morgan fingerprint density at radius 2 is 1.54 bits per heavy atom. The average Bonchev–Trinajstić information content (AvgIpc) is 3.41. The Kier molecular flexibility index (Phi) is 6.95. The smallest absolute Gasteiger partial charge is 0.178 e. The van der Waals surface area contributed by atoms with E-state index in [0.717, 1.165) is 67.2 Å². The number of aryl methyl sites for hydroxylation is 1. The summed E-state index contributed by atoms with van der Waals surface area (Å²) in [4.78, 5) is 2.40. The highest BCUT2D eigenvalue weighted by atomic mass is 16.5. The van der Waals surface area contributed by atoms with Gasteiger partial charge in [-0.3, -0.25) is 0 Å². The van der Waals surface area contributed by atoms with Gasteiger partial charge < -0.3 is 19.1 Å². The summed E-state index contributed by atoms with van der Waals surface area (Å²) in [5.74, 6) is 1.75. The van der Waals surface area contributed by atoms with Crippen LogP contribution in [0, 0.1) is 6.92 Å². The van der Waals surface area contributed by atoms with E-state index in [2.05, 4.69) is 129 Å². The van der Waals surface area contributed by atoms with E-state index in [0.29, 0.717) is 0 Å². The van der Waals surface area contributed by atoms with Crippen LogP contribution in [0.2, 0.25) is 0 Å². The quantitative estimate of drug-likeness (QED) is 0.192. The normalized spacial score (nSPS) is 19.3. The van der Waals surface area contributed by atoms with Crippen molar-refractivity contribution >= 4 is 22.5 Å². The summed E-state index contributed by atoms with van der Waals surface area (Å²) >= 11 is 0. The predicted octanol–water partition coefficient (Wildman–Crippen LogP) is 9.43. The second-order valence-corrected chi connectivity index (χ2v) is 12.9. The van der Waals surface area contributed by atoms with Crippen LogP contribution in [0.4, 0.5) is 5.69 Å². The molecule has 1 fully saturated rings. The Morgan fingerprint density at radius 3 is 2.26 bits per heavy atom. The van der Waals surface area contributed by atoms with Gasteiger partial charge in [0.2, 0.25) is 0 Å².